The van der Waals surface area contributed by atoms with Crippen LogP contribution in [0.1, 0.15) is 48.4 Å². The maximum absolute atomic E-state index is 13.1. The van der Waals surface area contributed by atoms with Crippen molar-refractivity contribution < 1.29 is 24.0 Å². The standard InChI is InChI=1S/C29H33BrN12O5/c1-15(30)25(43)36-23-12-21(42(5)38-23)29(47)35-17-10-19(39(2)14-17)27(45)34-16-11-20(40(3)13-16)28(46)37-24-7-6-18(41(24)4)26(44)33-9-8-22(31)32/h6-7,10-14H,1,8-9H2,2-5H3,(H3,31,32)(H,33,44)(H,34,45)(H,35,47)(H,37,46)(H,36,38,43). The van der Waals surface area contributed by atoms with Gasteiger partial charge >= 0.3 is 0 Å². The average Bonchev–Trinajstić information content (AvgIpc) is 3.74. The van der Waals surface area contributed by atoms with Gasteiger partial charge in [0.25, 0.3) is 29.5 Å². The zero-order valence-electron chi connectivity index (χ0n) is 25.9. The van der Waals surface area contributed by atoms with Crippen molar-refractivity contribution in [1.29, 1.82) is 5.41 Å². The summed E-state index contributed by atoms with van der Waals surface area (Å²) in [5.41, 5.74) is 6.93. The Labute approximate surface area is 276 Å². The van der Waals surface area contributed by atoms with Crippen LogP contribution in [0.5, 0.6) is 0 Å². The number of nitrogens with zero attached hydrogens (tertiary/aromatic N) is 5. The summed E-state index contributed by atoms with van der Waals surface area (Å²) in [6, 6.07) is 7.53. The predicted molar refractivity (Wildman–Crippen MR) is 179 cm³/mol. The number of nitrogens with one attached hydrogen (secondary N) is 6. The highest BCUT2D eigenvalue weighted by Crippen LogP contribution is 2.20. The smallest absolute Gasteiger partial charge is 0.274 e. The molecule has 0 spiro atoms. The second kappa shape index (κ2) is 14.0. The topological polar surface area (TPSA) is 228 Å². The van der Waals surface area contributed by atoms with Crippen molar-refractivity contribution in [3.63, 3.8) is 0 Å². The molecule has 0 aromatic carbocycles. The molecule has 47 heavy (non-hydrogen) atoms. The maximum atomic E-state index is 13.1. The summed E-state index contributed by atoms with van der Waals surface area (Å²) in [6.07, 6.45) is 3.35. The Morgan fingerprint density at radius 1 is 0.809 bits per heavy atom. The summed E-state index contributed by atoms with van der Waals surface area (Å²) >= 11 is 2.98. The number of anilines is 4. The van der Waals surface area contributed by atoms with E-state index in [0.29, 0.717) is 22.9 Å². The van der Waals surface area contributed by atoms with Gasteiger partial charge in [0, 0.05) is 59.6 Å². The first-order valence-corrected chi connectivity index (χ1v) is 14.7. The van der Waals surface area contributed by atoms with Crippen LogP contribution >= 0.6 is 15.9 Å². The minimum atomic E-state index is -0.520. The molecule has 4 aromatic rings. The van der Waals surface area contributed by atoms with Gasteiger partial charge in [-0.1, -0.05) is 6.58 Å². The van der Waals surface area contributed by atoms with E-state index in [1.165, 1.54) is 36.6 Å². The van der Waals surface area contributed by atoms with Gasteiger partial charge in [0.1, 0.15) is 28.6 Å². The molecule has 4 rings (SSSR count). The fraction of sp³-hybridized carbons (Fsp3) is 0.207. The summed E-state index contributed by atoms with van der Waals surface area (Å²) in [4.78, 5) is 63.4. The van der Waals surface area contributed by atoms with Crippen LogP contribution in [0.15, 0.2) is 53.8 Å². The molecular weight excluding hydrogens is 676 g/mol. The van der Waals surface area contributed by atoms with Gasteiger partial charge in [-0.15, -0.1) is 0 Å². The number of hydrogen-bond donors (Lipinski definition) is 7. The number of amides is 5. The molecule has 8 N–H and O–H groups in total. The van der Waals surface area contributed by atoms with Gasteiger partial charge in [-0.2, -0.15) is 5.10 Å². The quantitative estimate of drug-likeness (QED) is 0.0658. The monoisotopic (exact) mass is 708 g/mol. The third kappa shape index (κ3) is 8.03. The lowest BCUT2D eigenvalue weighted by molar-refractivity contribution is -0.112. The zero-order chi connectivity index (χ0) is 34.6. The molecule has 246 valence electrons. The lowest BCUT2D eigenvalue weighted by Gasteiger charge is -2.10. The summed E-state index contributed by atoms with van der Waals surface area (Å²) in [7, 11) is 6.45. The fourth-order valence-electron chi connectivity index (χ4n) is 4.48. The molecule has 0 aliphatic rings. The molecule has 0 unspecified atom stereocenters. The minimum absolute atomic E-state index is 0.0380. The molecule has 0 saturated heterocycles. The average molecular weight is 710 g/mol. The molecule has 17 nitrogen and oxygen atoms in total. The third-order valence-electron chi connectivity index (χ3n) is 6.87. The van der Waals surface area contributed by atoms with Crippen molar-refractivity contribution in [3.8, 4) is 0 Å². The number of aryl methyl sites for hydroxylation is 3. The van der Waals surface area contributed by atoms with E-state index in [1.807, 2.05) is 0 Å². The molecule has 4 aromatic heterocycles. The number of nitrogens with two attached hydrogens (primary N) is 1. The Bertz CT molecular complexity index is 1930. The third-order valence-corrected chi connectivity index (χ3v) is 7.23. The fourth-order valence-corrected chi connectivity index (χ4v) is 4.58. The molecule has 0 aliphatic heterocycles. The van der Waals surface area contributed by atoms with Gasteiger partial charge in [-0.3, -0.25) is 34.1 Å². The second-order valence-electron chi connectivity index (χ2n) is 10.4. The molecule has 0 fully saturated rings. The van der Waals surface area contributed by atoms with Crippen molar-refractivity contribution in [1.82, 2.24) is 28.8 Å². The number of carbonyl (C=O) groups is 5. The first-order valence-electron chi connectivity index (χ1n) is 13.9. The molecular formula is C29H33BrN12O5. The van der Waals surface area contributed by atoms with Crippen molar-refractivity contribution >= 4 is 74.3 Å². The van der Waals surface area contributed by atoms with E-state index < -0.39 is 23.6 Å². The van der Waals surface area contributed by atoms with Crippen LogP contribution in [-0.2, 0) is 33.0 Å². The van der Waals surface area contributed by atoms with Crippen LogP contribution in [0.4, 0.5) is 23.0 Å². The second-order valence-corrected chi connectivity index (χ2v) is 11.4. The summed E-state index contributed by atoms with van der Waals surface area (Å²) in [6.45, 7) is 3.70. The Balaban J connectivity index is 1.39. The van der Waals surface area contributed by atoms with Crippen molar-refractivity contribution in [2.24, 2.45) is 33.9 Å². The minimum Gasteiger partial charge on any atom is -0.388 e. The van der Waals surface area contributed by atoms with E-state index >= 15 is 0 Å². The molecule has 0 atom stereocenters. The van der Waals surface area contributed by atoms with E-state index in [-0.39, 0.29) is 52.1 Å². The highest BCUT2D eigenvalue weighted by Gasteiger charge is 2.21. The lowest BCUT2D eigenvalue weighted by atomic mass is 10.3. The number of hydrogen-bond acceptors (Lipinski definition) is 7. The van der Waals surface area contributed by atoms with E-state index in [0.717, 1.165) is 0 Å². The SMILES string of the molecule is C=C(Br)C(=O)Nc1cc(C(=O)Nc2cc(C(=O)Nc3cc(C(=O)Nc4ccc(C(=O)NCCC(=N)N)n4C)n(C)c3)n(C)c2)n(C)n1. The van der Waals surface area contributed by atoms with Crippen molar-refractivity contribution in [2.75, 3.05) is 27.8 Å². The van der Waals surface area contributed by atoms with E-state index in [4.69, 9.17) is 11.1 Å². The van der Waals surface area contributed by atoms with Crippen LogP contribution in [0.3, 0.4) is 0 Å². The molecule has 18 heteroatoms. The molecule has 0 aliphatic carbocycles. The van der Waals surface area contributed by atoms with Crippen LogP contribution in [0.25, 0.3) is 0 Å². The molecule has 0 bridgehead atoms. The molecule has 5 amide bonds. The van der Waals surface area contributed by atoms with Gasteiger partial charge in [-0.05, 0) is 40.2 Å². The highest BCUT2D eigenvalue weighted by molar-refractivity contribution is 9.12. The summed E-state index contributed by atoms with van der Waals surface area (Å²) < 4.78 is 5.99. The Kier molecular flexibility index (Phi) is 10.1. The number of aromatic nitrogens is 5. The zero-order valence-corrected chi connectivity index (χ0v) is 27.5. The van der Waals surface area contributed by atoms with E-state index in [1.54, 1.807) is 52.7 Å². The van der Waals surface area contributed by atoms with Gasteiger partial charge in [-0.25, -0.2) is 0 Å². The number of carbonyl (C=O) groups excluding carboxylic acids is 5. The number of rotatable bonds is 12. The molecule has 4 heterocycles. The molecule has 0 saturated carbocycles. The maximum Gasteiger partial charge on any atom is 0.274 e. The van der Waals surface area contributed by atoms with Gasteiger partial charge < -0.3 is 46.0 Å². The first-order chi connectivity index (χ1) is 22.1. The first kappa shape index (κ1) is 34.0. The predicted octanol–water partition coefficient (Wildman–Crippen LogP) is 2.10. The van der Waals surface area contributed by atoms with Gasteiger partial charge in [0.05, 0.1) is 21.7 Å². The van der Waals surface area contributed by atoms with Crippen LogP contribution in [0, 0.1) is 5.41 Å². The summed E-state index contributed by atoms with van der Waals surface area (Å²) in [5, 5.41) is 24.8. The Hall–Kier alpha value is -5.91. The van der Waals surface area contributed by atoms with Crippen LogP contribution < -0.4 is 32.3 Å². The van der Waals surface area contributed by atoms with Gasteiger partial charge in [0.15, 0.2) is 5.82 Å². The van der Waals surface area contributed by atoms with Crippen LogP contribution in [-0.4, -0.2) is 65.4 Å². The van der Waals surface area contributed by atoms with Crippen molar-refractivity contribution in [2.45, 2.75) is 6.42 Å². The summed E-state index contributed by atoms with van der Waals surface area (Å²) in [5.74, 6) is -1.88. The van der Waals surface area contributed by atoms with E-state index in [2.05, 4.69) is 54.2 Å². The lowest BCUT2D eigenvalue weighted by Crippen LogP contribution is -2.29. The normalized spacial score (nSPS) is 10.7. The number of amidine groups is 1. The van der Waals surface area contributed by atoms with E-state index in [9.17, 15) is 24.0 Å². The molecule has 0 radical (unpaired) electrons. The number of halogens is 1. The van der Waals surface area contributed by atoms with Crippen LogP contribution in [0.2, 0.25) is 0 Å². The largest absolute Gasteiger partial charge is 0.388 e. The van der Waals surface area contributed by atoms with Gasteiger partial charge in [0.2, 0.25) is 0 Å². The Morgan fingerprint density at radius 2 is 1.36 bits per heavy atom. The van der Waals surface area contributed by atoms with Crippen molar-refractivity contribution in [3.05, 3.63) is 76.6 Å². The Morgan fingerprint density at radius 3 is 1.91 bits per heavy atom. The highest BCUT2D eigenvalue weighted by atomic mass is 79.9.